The van der Waals surface area contributed by atoms with E-state index in [0.717, 1.165) is 22.5 Å². The molecule has 0 bridgehead atoms. The van der Waals surface area contributed by atoms with Crippen molar-refractivity contribution in [3.05, 3.63) is 94.5 Å². The summed E-state index contributed by atoms with van der Waals surface area (Å²) in [5, 5.41) is 15.9. The maximum Gasteiger partial charge on any atom is 0.234 e. The lowest BCUT2D eigenvalue weighted by molar-refractivity contribution is -0.113. The lowest BCUT2D eigenvalue weighted by atomic mass is 10.1. The Morgan fingerprint density at radius 2 is 1.79 bits per heavy atom. The molecule has 0 aliphatic heterocycles. The van der Waals surface area contributed by atoms with Gasteiger partial charge in [-0.2, -0.15) is 0 Å². The molecule has 0 aliphatic carbocycles. The van der Waals surface area contributed by atoms with Crippen LogP contribution in [0.1, 0.15) is 17.0 Å². The van der Waals surface area contributed by atoms with Gasteiger partial charge in [0.25, 0.3) is 0 Å². The van der Waals surface area contributed by atoms with Crippen LogP contribution in [-0.4, -0.2) is 26.4 Å². The van der Waals surface area contributed by atoms with Crippen LogP contribution in [0.15, 0.2) is 71.9 Å². The summed E-state index contributed by atoms with van der Waals surface area (Å²) in [5.41, 5.74) is 4.50. The minimum Gasteiger partial charge on any atom is -0.378 e. The summed E-state index contributed by atoms with van der Waals surface area (Å²) < 4.78 is 15.2. The van der Waals surface area contributed by atoms with Gasteiger partial charge in [0, 0.05) is 5.69 Å². The van der Waals surface area contributed by atoms with Crippen molar-refractivity contribution >= 4 is 40.6 Å². The van der Waals surface area contributed by atoms with Crippen LogP contribution in [0, 0.1) is 19.7 Å². The highest BCUT2D eigenvalue weighted by atomic mass is 35.5. The number of benzene rings is 3. The summed E-state index contributed by atoms with van der Waals surface area (Å²) in [6.45, 7) is 4.46. The number of halogens is 2. The molecule has 1 amide bonds. The number of aryl methyl sites for hydroxylation is 1. The zero-order valence-electron chi connectivity index (χ0n) is 18.7. The lowest BCUT2D eigenvalue weighted by Crippen LogP contribution is -2.15. The molecule has 0 saturated heterocycles. The van der Waals surface area contributed by atoms with Crippen LogP contribution < -0.4 is 10.6 Å². The highest BCUT2D eigenvalue weighted by Gasteiger charge is 2.18. The Hall–Kier alpha value is -3.36. The number of nitrogens with zero attached hydrogens (tertiary/aromatic N) is 3. The molecular weight excluding hydrogens is 473 g/mol. The van der Waals surface area contributed by atoms with Crippen molar-refractivity contribution in [2.75, 3.05) is 16.4 Å². The number of carbonyl (C=O) groups is 1. The fourth-order valence-corrected chi connectivity index (χ4v) is 4.30. The number of aromatic nitrogens is 3. The molecule has 174 valence electrons. The summed E-state index contributed by atoms with van der Waals surface area (Å²) in [4.78, 5) is 12.6. The van der Waals surface area contributed by atoms with Gasteiger partial charge in [0.15, 0.2) is 11.0 Å². The number of hydrogen-bond acceptors (Lipinski definition) is 5. The molecule has 34 heavy (non-hydrogen) atoms. The summed E-state index contributed by atoms with van der Waals surface area (Å²) in [6.07, 6.45) is 0. The average Bonchev–Trinajstić information content (AvgIpc) is 3.23. The van der Waals surface area contributed by atoms with Gasteiger partial charge in [0.1, 0.15) is 5.82 Å². The highest BCUT2D eigenvalue weighted by Crippen LogP contribution is 2.27. The van der Waals surface area contributed by atoms with Gasteiger partial charge in [-0.3, -0.25) is 9.36 Å². The Balaban J connectivity index is 1.56. The molecule has 0 aliphatic rings. The predicted molar refractivity (Wildman–Crippen MR) is 135 cm³/mol. The van der Waals surface area contributed by atoms with Crippen LogP contribution in [0.3, 0.4) is 0 Å². The van der Waals surface area contributed by atoms with Gasteiger partial charge in [0.05, 0.1) is 28.7 Å². The molecular formula is C25H23ClFN5OS. The van der Waals surface area contributed by atoms with Crippen LogP contribution >= 0.6 is 23.4 Å². The minimum atomic E-state index is -0.294. The molecule has 6 nitrogen and oxygen atoms in total. The number of anilines is 2. The fraction of sp³-hybridized carbons (Fsp3) is 0.160. The molecule has 4 aromatic rings. The third kappa shape index (κ3) is 5.58. The maximum absolute atomic E-state index is 13.2. The quantitative estimate of drug-likeness (QED) is 0.292. The molecule has 4 rings (SSSR count). The molecule has 0 saturated carbocycles. The molecule has 0 radical (unpaired) electrons. The Bertz CT molecular complexity index is 1310. The Morgan fingerprint density at radius 3 is 2.56 bits per heavy atom. The largest absolute Gasteiger partial charge is 0.378 e. The van der Waals surface area contributed by atoms with Crippen LogP contribution in [0.25, 0.3) is 5.69 Å². The van der Waals surface area contributed by atoms with E-state index in [4.69, 9.17) is 11.6 Å². The molecule has 9 heteroatoms. The highest BCUT2D eigenvalue weighted by molar-refractivity contribution is 7.99. The molecule has 1 heterocycles. The first-order valence-electron chi connectivity index (χ1n) is 10.6. The van der Waals surface area contributed by atoms with Gasteiger partial charge in [-0.1, -0.05) is 47.6 Å². The third-order valence-corrected chi connectivity index (χ3v) is 6.55. The van der Waals surface area contributed by atoms with Crippen molar-refractivity contribution in [3.63, 3.8) is 0 Å². The zero-order chi connectivity index (χ0) is 24.1. The summed E-state index contributed by atoms with van der Waals surface area (Å²) in [7, 11) is 0. The second-order valence-electron chi connectivity index (χ2n) is 7.63. The standard InChI is InChI=1S/C25H23ClFN5OS/c1-16-6-5-9-22(17(16)2)32-23(14-28-19-12-10-18(27)11-13-19)30-31-25(32)34-15-24(33)29-21-8-4-3-7-20(21)26/h3-13,28H,14-15H2,1-2H3,(H,29,33). The van der Waals surface area contributed by atoms with Crippen molar-refractivity contribution in [2.24, 2.45) is 0 Å². The topological polar surface area (TPSA) is 71.8 Å². The van der Waals surface area contributed by atoms with E-state index < -0.39 is 0 Å². The van der Waals surface area contributed by atoms with Gasteiger partial charge in [-0.15, -0.1) is 10.2 Å². The van der Waals surface area contributed by atoms with Gasteiger partial charge < -0.3 is 10.6 Å². The minimum absolute atomic E-state index is 0.139. The Kier molecular flexibility index (Phi) is 7.49. The summed E-state index contributed by atoms with van der Waals surface area (Å²) >= 11 is 7.44. The monoisotopic (exact) mass is 495 g/mol. The van der Waals surface area contributed by atoms with Crippen molar-refractivity contribution in [1.82, 2.24) is 14.8 Å². The van der Waals surface area contributed by atoms with E-state index >= 15 is 0 Å². The number of rotatable bonds is 8. The number of carbonyl (C=O) groups excluding carboxylic acids is 1. The van der Waals surface area contributed by atoms with Crippen LogP contribution in [0.2, 0.25) is 5.02 Å². The van der Waals surface area contributed by atoms with Crippen LogP contribution in [-0.2, 0) is 11.3 Å². The van der Waals surface area contributed by atoms with Crippen molar-refractivity contribution in [3.8, 4) is 5.69 Å². The first kappa shape index (κ1) is 23.8. The molecule has 3 aromatic carbocycles. The van der Waals surface area contributed by atoms with Crippen molar-refractivity contribution in [1.29, 1.82) is 0 Å². The molecule has 0 spiro atoms. The SMILES string of the molecule is Cc1cccc(-n2c(CNc3ccc(F)cc3)nnc2SCC(=O)Nc2ccccc2Cl)c1C. The number of hydrogen-bond donors (Lipinski definition) is 2. The van der Waals surface area contributed by atoms with Gasteiger partial charge in [0.2, 0.25) is 5.91 Å². The third-order valence-electron chi connectivity index (χ3n) is 5.29. The Morgan fingerprint density at radius 1 is 1.03 bits per heavy atom. The van der Waals surface area contributed by atoms with E-state index in [1.54, 1.807) is 30.3 Å². The summed E-state index contributed by atoms with van der Waals surface area (Å²) in [5.74, 6) is 0.323. The fourth-order valence-electron chi connectivity index (χ4n) is 3.36. The zero-order valence-corrected chi connectivity index (χ0v) is 20.3. The normalized spacial score (nSPS) is 10.8. The van der Waals surface area contributed by atoms with Crippen molar-refractivity contribution in [2.45, 2.75) is 25.5 Å². The lowest BCUT2D eigenvalue weighted by Gasteiger charge is -2.15. The predicted octanol–water partition coefficient (Wildman–Crippen LogP) is 6.02. The van der Waals surface area contributed by atoms with Gasteiger partial charge in [-0.25, -0.2) is 4.39 Å². The van der Waals surface area contributed by atoms with Crippen LogP contribution in [0.4, 0.5) is 15.8 Å². The van der Waals surface area contributed by atoms with E-state index in [0.29, 0.717) is 28.2 Å². The van der Waals surface area contributed by atoms with E-state index in [1.165, 1.54) is 23.9 Å². The number of para-hydroxylation sites is 1. The van der Waals surface area contributed by atoms with E-state index in [-0.39, 0.29) is 17.5 Å². The van der Waals surface area contributed by atoms with E-state index in [9.17, 15) is 9.18 Å². The molecule has 2 N–H and O–H groups in total. The number of thioether (sulfide) groups is 1. The first-order valence-corrected chi connectivity index (χ1v) is 12.0. The average molecular weight is 496 g/mol. The number of amides is 1. The van der Waals surface area contributed by atoms with Gasteiger partial charge in [-0.05, 0) is 67.4 Å². The van der Waals surface area contributed by atoms with Crippen LogP contribution in [0.5, 0.6) is 0 Å². The smallest absolute Gasteiger partial charge is 0.234 e. The van der Waals surface area contributed by atoms with Crippen molar-refractivity contribution < 1.29 is 9.18 Å². The summed E-state index contributed by atoms with van der Waals surface area (Å²) in [6, 6.07) is 19.3. The number of nitrogens with one attached hydrogen (secondary N) is 2. The molecule has 1 aromatic heterocycles. The molecule has 0 fully saturated rings. The maximum atomic E-state index is 13.2. The second kappa shape index (κ2) is 10.7. The molecule has 0 unspecified atom stereocenters. The first-order chi connectivity index (χ1) is 16.4. The van der Waals surface area contributed by atoms with E-state index in [2.05, 4.69) is 20.8 Å². The van der Waals surface area contributed by atoms with E-state index in [1.807, 2.05) is 42.7 Å². The molecule has 0 atom stereocenters. The second-order valence-corrected chi connectivity index (χ2v) is 8.98. The Labute approximate surface area is 206 Å². The van der Waals surface area contributed by atoms with Gasteiger partial charge >= 0.3 is 0 Å².